The monoisotopic (exact) mass is 413 g/mol. The van der Waals surface area contributed by atoms with Crippen LogP contribution in [0.4, 0.5) is 5.69 Å². The molecular weight excluding hydrogens is 386 g/mol. The van der Waals surface area contributed by atoms with E-state index in [0.717, 1.165) is 28.9 Å². The summed E-state index contributed by atoms with van der Waals surface area (Å²) in [4.78, 5) is 13.5. The minimum atomic E-state index is -0.0421. The molecule has 1 atom stereocenters. The SMILES string of the molecule is COc1ccc(C2=C3C(=O)CC(C)(C)C[C@@H]3c3c(ccc4ccccc34)N2)cc1OC. The van der Waals surface area contributed by atoms with Crippen molar-refractivity contribution in [2.45, 2.75) is 32.6 Å². The van der Waals surface area contributed by atoms with E-state index in [-0.39, 0.29) is 17.1 Å². The number of ketones is 1. The molecule has 0 aromatic heterocycles. The number of methoxy groups -OCH3 is 2. The number of carbonyl (C=O) groups excluding carboxylic acids is 1. The summed E-state index contributed by atoms with van der Waals surface area (Å²) in [5.74, 6) is 1.60. The number of hydrogen-bond donors (Lipinski definition) is 1. The standard InChI is InChI=1S/C27H27NO3/c1-27(2)14-19-24-18-8-6-5-7-16(18)9-11-20(24)28-26(25(19)21(29)15-27)17-10-12-22(30-3)23(13-17)31-4/h5-13,19,28H,14-15H2,1-4H3/t19-/m1/s1. The number of fused-ring (bicyclic) bond motifs is 5. The van der Waals surface area contributed by atoms with Crippen LogP contribution >= 0.6 is 0 Å². The molecule has 1 N–H and O–H groups in total. The maximum Gasteiger partial charge on any atom is 0.162 e. The largest absolute Gasteiger partial charge is 0.493 e. The lowest BCUT2D eigenvalue weighted by molar-refractivity contribution is -0.119. The van der Waals surface area contributed by atoms with E-state index in [0.29, 0.717) is 17.9 Å². The van der Waals surface area contributed by atoms with E-state index < -0.39 is 0 Å². The number of Topliss-reactive ketones (excluding diaryl/α,β-unsaturated/α-hetero) is 1. The molecule has 0 amide bonds. The van der Waals surface area contributed by atoms with Gasteiger partial charge in [0, 0.05) is 29.2 Å². The average Bonchev–Trinajstić information content (AvgIpc) is 2.76. The van der Waals surface area contributed by atoms with Gasteiger partial charge in [-0.1, -0.05) is 44.2 Å². The van der Waals surface area contributed by atoms with Crippen molar-refractivity contribution in [3.8, 4) is 11.5 Å². The van der Waals surface area contributed by atoms with Gasteiger partial charge in [-0.15, -0.1) is 0 Å². The van der Waals surface area contributed by atoms with E-state index >= 15 is 0 Å². The molecule has 0 saturated heterocycles. The number of benzene rings is 3. The fraction of sp³-hybridized carbons (Fsp3) is 0.296. The minimum Gasteiger partial charge on any atom is -0.493 e. The van der Waals surface area contributed by atoms with Crippen molar-refractivity contribution in [3.63, 3.8) is 0 Å². The molecule has 1 saturated carbocycles. The van der Waals surface area contributed by atoms with E-state index in [1.807, 2.05) is 18.2 Å². The first-order chi connectivity index (χ1) is 14.9. The number of nitrogens with one attached hydrogen (secondary N) is 1. The lowest BCUT2D eigenvalue weighted by atomic mass is 9.64. The highest BCUT2D eigenvalue weighted by Crippen LogP contribution is 2.53. The Morgan fingerprint density at radius 1 is 0.968 bits per heavy atom. The van der Waals surface area contributed by atoms with Gasteiger partial charge in [-0.3, -0.25) is 4.79 Å². The van der Waals surface area contributed by atoms with Crippen molar-refractivity contribution >= 4 is 27.9 Å². The Morgan fingerprint density at radius 2 is 1.74 bits per heavy atom. The summed E-state index contributed by atoms with van der Waals surface area (Å²) in [5, 5.41) is 6.03. The second kappa shape index (κ2) is 7.16. The van der Waals surface area contributed by atoms with E-state index in [1.54, 1.807) is 14.2 Å². The molecule has 0 bridgehead atoms. The summed E-state index contributed by atoms with van der Waals surface area (Å²) in [6.45, 7) is 4.40. The smallest absolute Gasteiger partial charge is 0.162 e. The van der Waals surface area contributed by atoms with Crippen molar-refractivity contribution in [3.05, 3.63) is 71.3 Å². The molecular formula is C27H27NO3. The van der Waals surface area contributed by atoms with Crippen molar-refractivity contribution in [1.82, 2.24) is 0 Å². The summed E-state index contributed by atoms with van der Waals surface area (Å²) in [7, 11) is 3.26. The van der Waals surface area contributed by atoms with Gasteiger partial charge in [0.2, 0.25) is 0 Å². The van der Waals surface area contributed by atoms with Crippen LogP contribution in [0.5, 0.6) is 11.5 Å². The molecule has 0 unspecified atom stereocenters. The quantitative estimate of drug-likeness (QED) is 0.558. The van der Waals surface area contributed by atoms with Gasteiger partial charge in [0.05, 0.1) is 19.9 Å². The van der Waals surface area contributed by atoms with Gasteiger partial charge >= 0.3 is 0 Å². The summed E-state index contributed by atoms with van der Waals surface area (Å²) in [5.41, 5.74) is 4.97. The highest BCUT2D eigenvalue weighted by atomic mass is 16.5. The Bertz CT molecular complexity index is 1240. The zero-order chi connectivity index (χ0) is 21.8. The van der Waals surface area contributed by atoms with E-state index in [4.69, 9.17) is 9.47 Å². The molecule has 1 heterocycles. The van der Waals surface area contributed by atoms with Crippen molar-refractivity contribution in [1.29, 1.82) is 0 Å². The molecule has 1 aliphatic heterocycles. The second-order valence-corrected chi connectivity index (χ2v) is 9.25. The number of allylic oxidation sites excluding steroid dienone is 1. The molecule has 4 heteroatoms. The molecule has 2 aliphatic rings. The van der Waals surface area contributed by atoms with Crippen LogP contribution in [0.1, 0.15) is 43.7 Å². The molecule has 31 heavy (non-hydrogen) atoms. The fourth-order valence-corrected chi connectivity index (χ4v) is 5.21. The zero-order valence-corrected chi connectivity index (χ0v) is 18.4. The number of anilines is 1. The maximum absolute atomic E-state index is 13.5. The molecule has 0 spiro atoms. The lowest BCUT2D eigenvalue weighted by Crippen LogP contribution is -2.34. The van der Waals surface area contributed by atoms with Crippen LogP contribution in [0, 0.1) is 5.41 Å². The molecule has 158 valence electrons. The lowest BCUT2D eigenvalue weighted by Gasteiger charge is -2.41. The normalized spacial score (nSPS) is 19.5. The van der Waals surface area contributed by atoms with Crippen LogP contribution in [0.3, 0.4) is 0 Å². The van der Waals surface area contributed by atoms with Crippen LogP contribution in [0.25, 0.3) is 16.5 Å². The Labute approximate surface area is 182 Å². The van der Waals surface area contributed by atoms with Gasteiger partial charge in [-0.05, 0) is 52.4 Å². The zero-order valence-electron chi connectivity index (χ0n) is 18.4. The van der Waals surface area contributed by atoms with Crippen molar-refractivity contribution in [2.75, 3.05) is 19.5 Å². The predicted octanol–water partition coefficient (Wildman–Crippen LogP) is 6.17. The summed E-state index contributed by atoms with van der Waals surface area (Å²) in [6, 6.07) is 18.6. The molecule has 0 radical (unpaired) electrons. The van der Waals surface area contributed by atoms with Gasteiger partial charge in [0.15, 0.2) is 17.3 Å². The first-order valence-corrected chi connectivity index (χ1v) is 10.7. The first kappa shape index (κ1) is 19.7. The highest BCUT2D eigenvalue weighted by Gasteiger charge is 2.42. The molecule has 5 rings (SSSR count). The molecule has 4 nitrogen and oxygen atoms in total. The van der Waals surface area contributed by atoms with Gasteiger partial charge < -0.3 is 14.8 Å². The summed E-state index contributed by atoms with van der Waals surface area (Å²) >= 11 is 0. The van der Waals surface area contributed by atoms with Crippen molar-refractivity contribution in [2.24, 2.45) is 5.41 Å². The Morgan fingerprint density at radius 3 is 2.52 bits per heavy atom. The third kappa shape index (κ3) is 3.18. The molecule has 3 aromatic carbocycles. The summed E-state index contributed by atoms with van der Waals surface area (Å²) in [6.07, 6.45) is 1.49. The Balaban J connectivity index is 1.76. The van der Waals surface area contributed by atoms with Gasteiger partial charge in [-0.25, -0.2) is 0 Å². The van der Waals surface area contributed by atoms with Crippen LogP contribution in [-0.2, 0) is 4.79 Å². The van der Waals surface area contributed by atoms with E-state index in [1.165, 1.54) is 16.3 Å². The number of ether oxygens (including phenoxy) is 2. The predicted molar refractivity (Wildman–Crippen MR) is 125 cm³/mol. The van der Waals surface area contributed by atoms with Crippen LogP contribution in [0.15, 0.2) is 60.2 Å². The average molecular weight is 414 g/mol. The van der Waals surface area contributed by atoms with Gasteiger partial charge in [0.1, 0.15) is 0 Å². The van der Waals surface area contributed by atoms with E-state index in [9.17, 15) is 4.79 Å². The summed E-state index contributed by atoms with van der Waals surface area (Å²) < 4.78 is 10.9. The van der Waals surface area contributed by atoms with E-state index in [2.05, 4.69) is 55.6 Å². The number of carbonyl (C=O) groups is 1. The third-order valence-electron chi connectivity index (χ3n) is 6.57. The van der Waals surface area contributed by atoms with Crippen LogP contribution < -0.4 is 14.8 Å². The molecule has 1 fully saturated rings. The number of hydrogen-bond acceptors (Lipinski definition) is 4. The molecule has 1 aliphatic carbocycles. The Hall–Kier alpha value is -3.27. The Kier molecular flexibility index (Phi) is 4.54. The number of rotatable bonds is 3. The molecule has 3 aromatic rings. The first-order valence-electron chi connectivity index (χ1n) is 10.7. The van der Waals surface area contributed by atoms with Gasteiger partial charge in [-0.2, -0.15) is 0 Å². The highest BCUT2D eigenvalue weighted by molar-refractivity contribution is 6.10. The van der Waals surface area contributed by atoms with Crippen LogP contribution in [-0.4, -0.2) is 20.0 Å². The second-order valence-electron chi connectivity index (χ2n) is 9.25. The minimum absolute atomic E-state index is 0.0421. The topological polar surface area (TPSA) is 47.6 Å². The third-order valence-corrected chi connectivity index (χ3v) is 6.57. The van der Waals surface area contributed by atoms with Gasteiger partial charge in [0.25, 0.3) is 0 Å². The van der Waals surface area contributed by atoms with Crippen LogP contribution in [0.2, 0.25) is 0 Å². The van der Waals surface area contributed by atoms with Crippen molar-refractivity contribution < 1.29 is 14.3 Å². The maximum atomic E-state index is 13.5. The fourth-order valence-electron chi connectivity index (χ4n) is 5.21.